The summed E-state index contributed by atoms with van der Waals surface area (Å²) in [6.07, 6.45) is 4.72. The highest BCUT2D eigenvalue weighted by atomic mass is 19.1. The second kappa shape index (κ2) is 7.49. The first-order valence-corrected chi connectivity index (χ1v) is 8.09. The lowest BCUT2D eigenvalue weighted by Gasteiger charge is -2.32. The molecule has 2 aliphatic heterocycles. The number of nitrogens with zero attached hydrogens (tertiary/aromatic N) is 1. The van der Waals surface area contributed by atoms with Gasteiger partial charge in [-0.25, -0.2) is 8.78 Å². The Bertz CT molecular complexity index is 463. The Morgan fingerprint density at radius 3 is 2.45 bits per heavy atom. The van der Waals surface area contributed by atoms with E-state index in [1.54, 1.807) is 0 Å². The van der Waals surface area contributed by atoms with E-state index in [9.17, 15) is 8.78 Å². The number of benzene rings is 1. The average Bonchev–Trinajstić information content (AvgIpc) is 2.99. The summed E-state index contributed by atoms with van der Waals surface area (Å²) < 4.78 is 37.9. The molecule has 5 heteroatoms. The quantitative estimate of drug-likeness (QED) is 0.834. The standard InChI is InChI=1S/C17H23F2NO2/c18-14-8-13(9-15(19)10-14)11-20-5-3-16(4-6-20)22-12-17-2-1-7-21-17/h8-10,16-17H,1-7,11-12H2/t17-/m0/s1. The summed E-state index contributed by atoms with van der Waals surface area (Å²) in [7, 11) is 0. The normalized spacial score (nSPS) is 24.0. The molecule has 22 heavy (non-hydrogen) atoms. The summed E-state index contributed by atoms with van der Waals surface area (Å²) in [6.45, 7) is 3.94. The van der Waals surface area contributed by atoms with Crippen molar-refractivity contribution in [2.45, 2.75) is 44.4 Å². The van der Waals surface area contributed by atoms with Crippen LogP contribution in [0.25, 0.3) is 0 Å². The minimum absolute atomic E-state index is 0.272. The highest BCUT2D eigenvalue weighted by molar-refractivity contribution is 5.17. The Labute approximate surface area is 130 Å². The van der Waals surface area contributed by atoms with Crippen LogP contribution in [-0.2, 0) is 16.0 Å². The molecule has 0 N–H and O–H groups in total. The van der Waals surface area contributed by atoms with Crippen molar-refractivity contribution in [2.75, 3.05) is 26.3 Å². The molecule has 0 unspecified atom stereocenters. The van der Waals surface area contributed by atoms with Crippen LogP contribution in [0.2, 0.25) is 0 Å². The maximum Gasteiger partial charge on any atom is 0.126 e. The van der Waals surface area contributed by atoms with Crippen molar-refractivity contribution in [3.8, 4) is 0 Å². The van der Waals surface area contributed by atoms with Gasteiger partial charge in [-0.1, -0.05) is 0 Å². The van der Waals surface area contributed by atoms with Crippen LogP contribution in [0, 0.1) is 11.6 Å². The van der Waals surface area contributed by atoms with E-state index in [0.717, 1.165) is 51.4 Å². The lowest BCUT2D eigenvalue weighted by Crippen LogP contribution is -2.37. The fourth-order valence-corrected chi connectivity index (χ4v) is 3.21. The van der Waals surface area contributed by atoms with Crippen molar-refractivity contribution in [1.29, 1.82) is 0 Å². The van der Waals surface area contributed by atoms with E-state index < -0.39 is 11.6 Å². The fourth-order valence-electron chi connectivity index (χ4n) is 3.21. The topological polar surface area (TPSA) is 21.7 Å². The SMILES string of the molecule is Fc1cc(F)cc(CN2CCC(OC[C@@H]3CCCO3)CC2)c1. The van der Waals surface area contributed by atoms with Crippen LogP contribution in [0.4, 0.5) is 8.78 Å². The van der Waals surface area contributed by atoms with Crippen LogP contribution < -0.4 is 0 Å². The van der Waals surface area contributed by atoms with Gasteiger partial charge in [-0.2, -0.15) is 0 Å². The third kappa shape index (κ3) is 4.48. The maximum atomic E-state index is 13.2. The van der Waals surface area contributed by atoms with Crippen molar-refractivity contribution < 1.29 is 18.3 Å². The van der Waals surface area contributed by atoms with E-state index in [1.807, 2.05) is 0 Å². The number of halogens is 2. The first kappa shape index (κ1) is 15.8. The van der Waals surface area contributed by atoms with Crippen molar-refractivity contribution in [2.24, 2.45) is 0 Å². The Hall–Kier alpha value is -1.04. The van der Waals surface area contributed by atoms with Crippen LogP contribution in [0.1, 0.15) is 31.2 Å². The lowest BCUT2D eigenvalue weighted by atomic mass is 10.1. The van der Waals surface area contributed by atoms with Gasteiger partial charge in [0.05, 0.1) is 18.8 Å². The molecule has 2 saturated heterocycles. The zero-order valence-electron chi connectivity index (χ0n) is 12.8. The molecule has 3 nitrogen and oxygen atoms in total. The Balaban J connectivity index is 1.41. The summed E-state index contributed by atoms with van der Waals surface area (Å²) in [5, 5.41) is 0. The van der Waals surface area contributed by atoms with E-state index in [2.05, 4.69) is 4.90 Å². The molecule has 0 aliphatic carbocycles. The predicted molar refractivity (Wildman–Crippen MR) is 79.6 cm³/mol. The number of hydrogen-bond donors (Lipinski definition) is 0. The highest BCUT2D eigenvalue weighted by Gasteiger charge is 2.22. The van der Waals surface area contributed by atoms with Gasteiger partial charge >= 0.3 is 0 Å². The molecule has 0 bridgehead atoms. The van der Waals surface area contributed by atoms with Crippen LogP contribution >= 0.6 is 0 Å². The molecular formula is C17H23F2NO2. The molecule has 1 aromatic carbocycles. The van der Waals surface area contributed by atoms with Gasteiger partial charge in [0, 0.05) is 32.3 Å². The summed E-state index contributed by atoms with van der Waals surface area (Å²) in [4.78, 5) is 2.22. The molecule has 122 valence electrons. The Morgan fingerprint density at radius 2 is 1.82 bits per heavy atom. The zero-order valence-corrected chi connectivity index (χ0v) is 12.8. The van der Waals surface area contributed by atoms with Gasteiger partial charge in [-0.05, 0) is 43.4 Å². The minimum atomic E-state index is -0.509. The number of piperidine rings is 1. The number of ether oxygens (including phenoxy) is 2. The molecule has 1 atom stereocenters. The number of rotatable bonds is 5. The largest absolute Gasteiger partial charge is 0.376 e. The minimum Gasteiger partial charge on any atom is -0.376 e. The fraction of sp³-hybridized carbons (Fsp3) is 0.647. The summed E-state index contributed by atoms with van der Waals surface area (Å²) in [6, 6.07) is 3.72. The van der Waals surface area contributed by atoms with Crippen LogP contribution in [0.15, 0.2) is 18.2 Å². The van der Waals surface area contributed by atoms with Gasteiger partial charge in [0.15, 0.2) is 0 Å². The predicted octanol–water partition coefficient (Wildman–Crippen LogP) is 3.12. The van der Waals surface area contributed by atoms with E-state index in [-0.39, 0.29) is 12.2 Å². The van der Waals surface area contributed by atoms with E-state index >= 15 is 0 Å². The van der Waals surface area contributed by atoms with Gasteiger partial charge < -0.3 is 9.47 Å². The average molecular weight is 311 g/mol. The van der Waals surface area contributed by atoms with Gasteiger partial charge in [-0.15, -0.1) is 0 Å². The molecule has 2 fully saturated rings. The van der Waals surface area contributed by atoms with Crippen LogP contribution in [0.5, 0.6) is 0 Å². The smallest absolute Gasteiger partial charge is 0.126 e. The zero-order chi connectivity index (χ0) is 15.4. The van der Waals surface area contributed by atoms with E-state index in [1.165, 1.54) is 12.1 Å². The highest BCUT2D eigenvalue weighted by Crippen LogP contribution is 2.19. The molecule has 2 aliphatic rings. The first-order valence-electron chi connectivity index (χ1n) is 8.09. The van der Waals surface area contributed by atoms with Crippen molar-refractivity contribution in [1.82, 2.24) is 4.90 Å². The summed E-state index contributed by atoms with van der Waals surface area (Å²) >= 11 is 0. The molecule has 2 heterocycles. The van der Waals surface area contributed by atoms with E-state index in [4.69, 9.17) is 9.47 Å². The molecule has 3 rings (SSSR count). The monoisotopic (exact) mass is 311 g/mol. The Morgan fingerprint density at radius 1 is 1.09 bits per heavy atom. The number of hydrogen-bond acceptors (Lipinski definition) is 3. The third-order valence-electron chi connectivity index (χ3n) is 4.40. The van der Waals surface area contributed by atoms with Crippen molar-refractivity contribution >= 4 is 0 Å². The Kier molecular flexibility index (Phi) is 5.39. The van der Waals surface area contributed by atoms with Crippen molar-refractivity contribution in [3.63, 3.8) is 0 Å². The summed E-state index contributed by atoms with van der Waals surface area (Å²) in [5.74, 6) is -1.02. The molecule has 0 spiro atoms. The second-order valence-corrected chi connectivity index (χ2v) is 6.22. The van der Waals surface area contributed by atoms with Crippen LogP contribution in [0.3, 0.4) is 0 Å². The van der Waals surface area contributed by atoms with Gasteiger partial charge in [0.2, 0.25) is 0 Å². The molecular weight excluding hydrogens is 288 g/mol. The number of likely N-dealkylation sites (tertiary alicyclic amines) is 1. The van der Waals surface area contributed by atoms with Crippen molar-refractivity contribution in [3.05, 3.63) is 35.4 Å². The lowest BCUT2D eigenvalue weighted by molar-refractivity contribution is -0.0426. The first-order chi connectivity index (χ1) is 10.7. The van der Waals surface area contributed by atoms with E-state index in [0.29, 0.717) is 18.7 Å². The third-order valence-corrected chi connectivity index (χ3v) is 4.40. The summed E-state index contributed by atoms with van der Waals surface area (Å²) in [5.41, 5.74) is 0.691. The van der Waals surface area contributed by atoms with Gasteiger partial charge in [-0.3, -0.25) is 4.90 Å². The molecule has 0 saturated carbocycles. The molecule has 0 radical (unpaired) electrons. The second-order valence-electron chi connectivity index (χ2n) is 6.22. The van der Waals surface area contributed by atoms with Gasteiger partial charge in [0.25, 0.3) is 0 Å². The molecule has 0 aromatic heterocycles. The molecule has 1 aromatic rings. The van der Waals surface area contributed by atoms with Gasteiger partial charge in [0.1, 0.15) is 11.6 Å². The maximum absolute atomic E-state index is 13.2. The molecule has 0 amide bonds. The van der Waals surface area contributed by atoms with Crippen LogP contribution in [-0.4, -0.2) is 43.4 Å².